The van der Waals surface area contributed by atoms with Crippen molar-refractivity contribution in [1.82, 2.24) is 10.4 Å². The van der Waals surface area contributed by atoms with E-state index in [1.54, 1.807) is 6.07 Å². The first-order valence-corrected chi connectivity index (χ1v) is 8.98. The van der Waals surface area contributed by atoms with E-state index >= 15 is 0 Å². The highest BCUT2D eigenvalue weighted by Crippen LogP contribution is 2.11. The maximum Gasteiger partial charge on any atom is 0.174 e. The van der Waals surface area contributed by atoms with Crippen molar-refractivity contribution in [3.05, 3.63) is 44.8 Å². The lowest BCUT2D eigenvalue weighted by atomic mass is 10.2. The molecule has 5 nitrogen and oxygen atoms in total. The van der Waals surface area contributed by atoms with Crippen LogP contribution in [0.1, 0.15) is 32.2 Å². The number of Topliss-reactive ketones (excluding diaryl/α,β-unsaturated/α-hetero) is 2. The molecule has 0 aliphatic rings. The molecular weight excluding hydrogens is 332 g/mol. The fraction of sp³-hybridized carbons (Fsp3) is 0.375. The fourth-order valence-corrected chi connectivity index (χ4v) is 3.01. The van der Waals surface area contributed by atoms with Crippen molar-refractivity contribution in [2.24, 2.45) is 0 Å². The third-order valence-corrected chi connectivity index (χ3v) is 4.68. The van der Waals surface area contributed by atoms with Gasteiger partial charge in [0.05, 0.1) is 9.75 Å². The summed E-state index contributed by atoms with van der Waals surface area (Å²) in [7, 11) is 3.38. The number of carbonyl (C=O) groups is 2. The second kappa shape index (κ2) is 11.2. The molecule has 2 N–H and O–H groups in total. The molecule has 0 unspecified atom stereocenters. The molecule has 0 amide bonds. The minimum absolute atomic E-state index is 0.0888. The van der Waals surface area contributed by atoms with Crippen LogP contribution in [0.15, 0.2) is 35.0 Å². The average molecular weight is 354 g/mol. The lowest BCUT2D eigenvalue weighted by molar-refractivity contribution is -0.0635. The molecule has 0 aromatic carbocycles. The molecule has 0 bridgehead atoms. The van der Waals surface area contributed by atoms with Gasteiger partial charge in [0.2, 0.25) is 0 Å². The second-order valence-corrected chi connectivity index (χ2v) is 6.68. The molecule has 0 radical (unpaired) electrons. The SMILES string of the molecule is CN(O)CCC(=O)c1cccs1.CNCCC(=O)c1cccs1. The number of ketones is 2. The number of hydrogen-bond donors (Lipinski definition) is 2. The van der Waals surface area contributed by atoms with Crippen LogP contribution >= 0.6 is 22.7 Å². The monoisotopic (exact) mass is 354 g/mol. The fourth-order valence-electron chi connectivity index (χ4n) is 1.62. The van der Waals surface area contributed by atoms with Gasteiger partial charge in [-0.1, -0.05) is 12.1 Å². The van der Waals surface area contributed by atoms with Gasteiger partial charge in [-0.25, -0.2) is 0 Å². The summed E-state index contributed by atoms with van der Waals surface area (Å²) in [6.45, 7) is 1.15. The number of hydrogen-bond acceptors (Lipinski definition) is 7. The third kappa shape index (κ3) is 8.15. The van der Waals surface area contributed by atoms with Crippen LogP contribution < -0.4 is 5.32 Å². The van der Waals surface area contributed by atoms with Gasteiger partial charge < -0.3 is 10.5 Å². The van der Waals surface area contributed by atoms with Crippen molar-refractivity contribution in [2.45, 2.75) is 12.8 Å². The van der Waals surface area contributed by atoms with Gasteiger partial charge in [0.1, 0.15) is 0 Å². The molecule has 2 rings (SSSR count). The summed E-state index contributed by atoms with van der Waals surface area (Å²) < 4.78 is 0. The van der Waals surface area contributed by atoms with E-state index in [0.717, 1.165) is 21.4 Å². The number of nitrogens with one attached hydrogen (secondary N) is 1. The molecule has 2 aromatic rings. The van der Waals surface area contributed by atoms with Crippen LogP contribution in [0.25, 0.3) is 0 Å². The summed E-state index contributed by atoms with van der Waals surface area (Å²) in [6.07, 6.45) is 0.963. The minimum Gasteiger partial charge on any atom is -0.319 e. The van der Waals surface area contributed by atoms with Crippen LogP contribution in [0.2, 0.25) is 0 Å². The highest BCUT2D eigenvalue weighted by molar-refractivity contribution is 7.12. The van der Waals surface area contributed by atoms with Crippen molar-refractivity contribution in [3.8, 4) is 0 Å². The van der Waals surface area contributed by atoms with E-state index in [2.05, 4.69) is 5.32 Å². The van der Waals surface area contributed by atoms with Gasteiger partial charge in [0, 0.05) is 33.0 Å². The van der Waals surface area contributed by atoms with Gasteiger partial charge in [0.25, 0.3) is 0 Å². The van der Waals surface area contributed by atoms with Crippen molar-refractivity contribution in [3.63, 3.8) is 0 Å². The van der Waals surface area contributed by atoms with Crippen LogP contribution in [0.3, 0.4) is 0 Å². The Morgan fingerprint density at radius 3 is 2.00 bits per heavy atom. The first kappa shape index (κ1) is 19.7. The van der Waals surface area contributed by atoms with Crippen LogP contribution in [0.5, 0.6) is 0 Å². The molecule has 7 heteroatoms. The highest BCUT2D eigenvalue weighted by Gasteiger charge is 2.06. The summed E-state index contributed by atoms with van der Waals surface area (Å²) in [5, 5.41) is 16.5. The normalized spacial score (nSPS) is 10.3. The van der Waals surface area contributed by atoms with Crippen molar-refractivity contribution >= 4 is 34.2 Å². The second-order valence-electron chi connectivity index (χ2n) is 4.79. The van der Waals surface area contributed by atoms with Crippen LogP contribution in [0.4, 0.5) is 0 Å². The van der Waals surface area contributed by atoms with Gasteiger partial charge in [0.15, 0.2) is 11.6 Å². The molecular formula is C16H22N2O3S2. The average Bonchev–Trinajstić information content (AvgIpc) is 3.23. The molecule has 0 fully saturated rings. The number of nitrogens with zero attached hydrogens (tertiary/aromatic N) is 1. The van der Waals surface area contributed by atoms with E-state index < -0.39 is 0 Å². The first-order valence-electron chi connectivity index (χ1n) is 7.22. The molecule has 0 aliphatic heterocycles. The standard InChI is InChI=1S/C8H11NO2S.C8H11NOS/c1-9(11)5-4-7(10)8-3-2-6-12-8;1-9-5-4-7(10)8-3-2-6-11-8/h2-3,6,11H,4-5H2,1H3;2-3,6,9H,4-5H2,1H3. The minimum atomic E-state index is 0.0888. The number of rotatable bonds is 8. The van der Waals surface area contributed by atoms with Gasteiger partial charge >= 0.3 is 0 Å². The summed E-state index contributed by atoms with van der Waals surface area (Å²) in [6, 6.07) is 7.41. The van der Waals surface area contributed by atoms with E-state index in [9.17, 15) is 9.59 Å². The Labute approximate surface area is 144 Å². The van der Waals surface area contributed by atoms with E-state index in [4.69, 9.17) is 5.21 Å². The Bertz CT molecular complexity index is 566. The topological polar surface area (TPSA) is 69.6 Å². The van der Waals surface area contributed by atoms with Crippen LogP contribution in [-0.4, -0.2) is 49.0 Å². The zero-order valence-electron chi connectivity index (χ0n) is 13.3. The zero-order chi connectivity index (χ0) is 17.1. The first-order chi connectivity index (χ1) is 11.0. The summed E-state index contributed by atoms with van der Waals surface area (Å²) in [4.78, 5) is 24.1. The van der Waals surface area contributed by atoms with Crippen LogP contribution in [0, 0.1) is 0 Å². The van der Waals surface area contributed by atoms with Crippen molar-refractivity contribution in [2.75, 3.05) is 27.2 Å². The van der Waals surface area contributed by atoms with Crippen molar-refractivity contribution in [1.29, 1.82) is 0 Å². The summed E-state index contributed by atoms with van der Waals surface area (Å²) in [5.74, 6) is 0.320. The Morgan fingerprint density at radius 1 is 1.09 bits per heavy atom. The van der Waals surface area contributed by atoms with E-state index in [0.29, 0.717) is 19.4 Å². The predicted octanol–water partition coefficient (Wildman–Crippen LogP) is 3.18. The molecule has 0 atom stereocenters. The van der Waals surface area contributed by atoms with E-state index in [1.807, 2.05) is 36.0 Å². The molecule has 0 aliphatic carbocycles. The lowest BCUT2D eigenvalue weighted by Gasteiger charge is -2.05. The maximum absolute atomic E-state index is 11.3. The molecule has 0 saturated heterocycles. The van der Waals surface area contributed by atoms with Crippen LogP contribution in [-0.2, 0) is 0 Å². The molecule has 23 heavy (non-hydrogen) atoms. The lowest BCUT2D eigenvalue weighted by Crippen LogP contribution is -2.16. The number of carbonyl (C=O) groups excluding carboxylic acids is 2. The Morgan fingerprint density at radius 2 is 1.61 bits per heavy atom. The number of thiophene rings is 2. The summed E-state index contributed by atoms with van der Waals surface area (Å²) in [5.41, 5.74) is 0. The van der Waals surface area contributed by atoms with Gasteiger partial charge in [-0.3, -0.25) is 9.59 Å². The third-order valence-electron chi connectivity index (χ3n) is 2.86. The quantitative estimate of drug-likeness (QED) is 0.563. The van der Waals surface area contributed by atoms with E-state index in [-0.39, 0.29) is 11.6 Å². The Balaban J connectivity index is 0.000000231. The largest absolute Gasteiger partial charge is 0.319 e. The predicted molar refractivity (Wildman–Crippen MR) is 94.9 cm³/mol. The van der Waals surface area contributed by atoms with Gasteiger partial charge in [-0.15, -0.1) is 22.7 Å². The molecule has 2 heterocycles. The molecule has 126 valence electrons. The molecule has 0 saturated carbocycles. The van der Waals surface area contributed by atoms with Crippen molar-refractivity contribution < 1.29 is 14.8 Å². The Kier molecular flexibility index (Phi) is 9.58. The zero-order valence-corrected chi connectivity index (χ0v) is 15.0. The summed E-state index contributed by atoms with van der Waals surface area (Å²) >= 11 is 2.94. The van der Waals surface area contributed by atoms with E-state index in [1.165, 1.54) is 29.7 Å². The maximum atomic E-state index is 11.3. The van der Waals surface area contributed by atoms with Gasteiger partial charge in [-0.2, -0.15) is 5.06 Å². The molecule has 2 aromatic heterocycles. The Hall–Kier alpha value is -1.38. The van der Waals surface area contributed by atoms with Gasteiger partial charge in [-0.05, 0) is 29.9 Å². The number of hydroxylamine groups is 2. The highest BCUT2D eigenvalue weighted by atomic mass is 32.1. The molecule has 0 spiro atoms. The smallest absolute Gasteiger partial charge is 0.174 e.